The molecule has 0 radical (unpaired) electrons. The number of fused-ring (bicyclic) bond motifs is 2. The minimum Gasteiger partial charge on any atom is -0.271 e. The number of carbonyl (C=O) groups excluding carboxylic acids is 3. The number of halogens is 3. The molecule has 0 unspecified atom stereocenters. The van der Waals surface area contributed by atoms with Gasteiger partial charge in [-0.3, -0.25) is 19.4 Å². The largest absolute Gasteiger partial charge is 0.271 e. The summed E-state index contributed by atoms with van der Waals surface area (Å²) in [6.45, 7) is -0.339. The van der Waals surface area contributed by atoms with Gasteiger partial charge in [0.15, 0.2) is 12.1 Å². The van der Waals surface area contributed by atoms with Gasteiger partial charge in [-0.05, 0) is 84.5 Å². The number of anilines is 1. The van der Waals surface area contributed by atoms with Crippen LogP contribution in [0.25, 0.3) is 6.08 Å². The minimum absolute atomic E-state index is 0.153. The molecule has 0 bridgehead atoms. The van der Waals surface area contributed by atoms with Gasteiger partial charge in [0.1, 0.15) is 18.2 Å². The Morgan fingerprint density at radius 1 is 0.955 bits per heavy atom. The van der Waals surface area contributed by atoms with Gasteiger partial charge in [-0.1, -0.05) is 51.5 Å². The lowest BCUT2D eigenvalue weighted by atomic mass is 9.77. The smallest absolute Gasteiger partial charge is 0.264 e. The highest BCUT2D eigenvalue weighted by atomic mass is 79.9. The van der Waals surface area contributed by atoms with E-state index in [-0.39, 0.29) is 18.3 Å². The summed E-state index contributed by atoms with van der Waals surface area (Å²) < 4.78 is 28.1. The standard InChI is InChI=1S/C32H25BrF2N6O3/c33-21-4-2-5-24(16-21)40-31(43)28-30(32(40)44)39(38-36-28)17-26(42)41-29(19-9-13-23(35)14-10-19)25-6-1-3-20(27(25)37-41)15-18-7-11-22(34)12-8-18/h2,4-5,7-16,25,28-30H,1,3,6,17H2/b20-15+/t25-,28+,29-,30-/m1/s1. The van der Waals surface area contributed by atoms with Crippen LogP contribution in [0.5, 0.6) is 0 Å². The highest BCUT2D eigenvalue weighted by Crippen LogP contribution is 2.45. The van der Waals surface area contributed by atoms with E-state index in [2.05, 4.69) is 26.3 Å². The number of amides is 3. The molecular formula is C32H25BrF2N6O3. The lowest BCUT2D eigenvalue weighted by molar-refractivity contribution is -0.136. The monoisotopic (exact) mass is 658 g/mol. The van der Waals surface area contributed by atoms with Crippen LogP contribution in [-0.2, 0) is 14.4 Å². The van der Waals surface area contributed by atoms with E-state index >= 15 is 0 Å². The van der Waals surface area contributed by atoms with Crippen LogP contribution >= 0.6 is 15.9 Å². The zero-order valence-electron chi connectivity index (χ0n) is 23.2. The second kappa shape index (κ2) is 11.2. The number of carbonyl (C=O) groups is 3. The van der Waals surface area contributed by atoms with E-state index < -0.39 is 41.7 Å². The van der Waals surface area contributed by atoms with Crippen molar-refractivity contribution < 1.29 is 23.2 Å². The third-order valence-corrected chi connectivity index (χ3v) is 8.89. The van der Waals surface area contributed by atoms with Crippen molar-refractivity contribution in [2.24, 2.45) is 21.4 Å². The van der Waals surface area contributed by atoms with Gasteiger partial charge in [0.05, 0.1) is 17.4 Å². The molecule has 2 fully saturated rings. The Morgan fingerprint density at radius 2 is 1.68 bits per heavy atom. The SMILES string of the molecule is O=C1[C@H]2N=NN(CC(=O)N3N=C4/C(=C/c5ccc(F)cc5)CCC[C@H]4[C@H]3c3ccc(F)cc3)[C@H]2C(=O)N1c1cccc(Br)c1. The molecule has 1 saturated heterocycles. The molecular weight excluding hydrogens is 634 g/mol. The summed E-state index contributed by atoms with van der Waals surface area (Å²) >= 11 is 3.37. The normalized spacial score (nSPS) is 25.1. The third kappa shape index (κ3) is 4.92. The van der Waals surface area contributed by atoms with Crippen LogP contribution in [0.2, 0.25) is 0 Å². The topological polar surface area (TPSA) is 98.0 Å². The third-order valence-electron chi connectivity index (χ3n) is 8.40. The Morgan fingerprint density at radius 3 is 2.41 bits per heavy atom. The molecule has 4 atom stereocenters. The molecule has 1 saturated carbocycles. The first-order valence-corrected chi connectivity index (χ1v) is 15.0. The molecule has 3 aromatic carbocycles. The highest BCUT2D eigenvalue weighted by molar-refractivity contribution is 9.10. The molecule has 3 amide bonds. The van der Waals surface area contributed by atoms with Crippen molar-refractivity contribution >= 4 is 51.1 Å². The Kier molecular flexibility index (Phi) is 7.16. The zero-order valence-corrected chi connectivity index (χ0v) is 24.8. The molecule has 12 heteroatoms. The number of benzene rings is 3. The van der Waals surface area contributed by atoms with E-state index in [9.17, 15) is 23.2 Å². The number of rotatable bonds is 5. The number of hydrogen-bond donors (Lipinski definition) is 0. The van der Waals surface area contributed by atoms with Gasteiger partial charge < -0.3 is 0 Å². The van der Waals surface area contributed by atoms with Gasteiger partial charge in [0.25, 0.3) is 17.7 Å². The molecule has 3 aromatic rings. The van der Waals surface area contributed by atoms with Crippen LogP contribution in [0, 0.1) is 17.6 Å². The fourth-order valence-electron chi connectivity index (χ4n) is 6.40. The number of hydrazone groups is 1. The maximum atomic E-state index is 14.0. The molecule has 0 N–H and O–H groups in total. The summed E-state index contributed by atoms with van der Waals surface area (Å²) in [4.78, 5) is 41.7. The van der Waals surface area contributed by atoms with Crippen LogP contribution in [0.3, 0.4) is 0 Å². The van der Waals surface area contributed by atoms with Gasteiger partial charge in [-0.2, -0.15) is 10.2 Å². The Hall–Kier alpha value is -4.58. The van der Waals surface area contributed by atoms with E-state index in [1.54, 1.807) is 48.5 Å². The van der Waals surface area contributed by atoms with Crippen molar-refractivity contribution in [1.29, 1.82) is 0 Å². The fraction of sp³-hybridized carbons (Fsp3) is 0.250. The quantitative estimate of drug-likeness (QED) is 0.322. The Bertz CT molecular complexity index is 1760. The van der Waals surface area contributed by atoms with E-state index in [1.807, 2.05) is 6.08 Å². The zero-order chi connectivity index (χ0) is 30.5. The highest BCUT2D eigenvalue weighted by Gasteiger charge is 2.55. The summed E-state index contributed by atoms with van der Waals surface area (Å²) in [5, 5.41) is 15.6. The molecule has 7 rings (SSSR count). The predicted molar refractivity (Wildman–Crippen MR) is 161 cm³/mol. The molecule has 44 heavy (non-hydrogen) atoms. The van der Waals surface area contributed by atoms with Crippen molar-refractivity contribution in [3.63, 3.8) is 0 Å². The number of nitrogens with zero attached hydrogens (tertiary/aromatic N) is 6. The Labute approximate surface area is 259 Å². The number of hydrogen-bond acceptors (Lipinski definition) is 7. The first kappa shape index (κ1) is 28.2. The molecule has 3 heterocycles. The Balaban J connectivity index is 1.19. The first-order chi connectivity index (χ1) is 21.3. The van der Waals surface area contributed by atoms with Crippen LogP contribution in [0.1, 0.15) is 36.4 Å². The summed E-state index contributed by atoms with van der Waals surface area (Å²) in [5.41, 5.74) is 3.63. The molecule has 3 aliphatic heterocycles. The van der Waals surface area contributed by atoms with Crippen molar-refractivity contribution in [2.45, 2.75) is 37.4 Å². The number of imide groups is 1. The second-order valence-corrected chi connectivity index (χ2v) is 12.0. The average Bonchev–Trinajstić information content (AvgIpc) is 3.68. The van der Waals surface area contributed by atoms with Crippen LogP contribution in [-0.4, -0.2) is 52.1 Å². The van der Waals surface area contributed by atoms with Gasteiger partial charge in [-0.25, -0.2) is 18.7 Å². The maximum absolute atomic E-state index is 14.0. The summed E-state index contributed by atoms with van der Waals surface area (Å²) in [5.74, 6) is -2.35. The van der Waals surface area contributed by atoms with E-state index in [0.29, 0.717) is 10.2 Å². The first-order valence-electron chi connectivity index (χ1n) is 14.2. The minimum atomic E-state index is -1.06. The average molecular weight is 659 g/mol. The second-order valence-electron chi connectivity index (χ2n) is 11.1. The van der Waals surface area contributed by atoms with Crippen molar-refractivity contribution in [1.82, 2.24) is 10.0 Å². The van der Waals surface area contributed by atoms with Crippen LogP contribution in [0.15, 0.2) is 98.3 Å². The van der Waals surface area contributed by atoms with Gasteiger partial charge in [0.2, 0.25) is 0 Å². The van der Waals surface area contributed by atoms with Crippen LogP contribution in [0.4, 0.5) is 14.5 Å². The van der Waals surface area contributed by atoms with Gasteiger partial charge >= 0.3 is 0 Å². The van der Waals surface area contributed by atoms with Gasteiger partial charge in [0, 0.05) is 10.4 Å². The van der Waals surface area contributed by atoms with Crippen molar-refractivity contribution in [3.05, 3.63) is 106 Å². The predicted octanol–water partition coefficient (Wildman–Crippen LogP) is 5.84. The molecule has 0 spiro atoms. The number of allylic oxidation sites excluding steroid dienone is 1. The van der Waals surface area contributed by atoms with Crippen LogP contribution < -0.4 is 4.90 Å². The lowest BCUT2D eigenvalue weighted by Gasteiger charge is -2.30. The molecule has 1 aliphatic carbocycles. The van der Waals surface area contributed by atoms with Crippen molar-refractivity contribution in [3.8, 4) is 0 Å². The maximum Gasteiger partial charge on any atom is 0.264 e. The van der Waals surface area contributed by atoms with E-state index in [0.717, 1.165) is 46.6 Å². The molecule has 0 aromatic heterocycles. The van der Waals surface area contributed by atoms with E-state index in [1.165, 1.54) is 34.3 Å². The van der Waals surface area contributed by atoms with Gasteiger partial charge in [-0.15, -0.1) is 0 Å². The lowest BCUT2D eigenvalue weighted by Crippen LogP contribution is -2.45. The molecule has 222 valence electrons. The summed E-state index contributed by atoms with van der Waals surface area (Å²) in [6.07, 6.45) is 4.30. The molecule has 9 nitrogen and oxygen atoms in total. The fourth-order valence-corrected chi connectivity index (χ4v) is 6.78. The summed E-state index contributed by atoms with van der Waals surface area (Å²) in [7, 11) is 0. The summed E-state index contributed by atoms with van der Waals surface area (Å²) in [6, 6.07) is 16.4. The van der Waals surface area contributed by atoms with E-state index in [4.69, 9.17) is 5.10 Å². The molecule has 4 aliphatic rings. The van der Waals surface area contributed by atoms with Crippen molar-refractivity contribution in [2.75, 3.05) is 11.4 Å².